The SMILES string of the molecule is CCCn1nccc1C(=O)C1(N2CCOCC2)CCCC1. The van der Waals surface area contributed by atoms with Crippen molar-refractivity contribution in [1.82, 2.24) is 14.7 Å². The third kappa shape index (κ3) is 2.64. The Labute approximate surface area is 126 Å². The molecule has 2 fully saturated rings. The van der Waals surface area contributed by atoms with Crippen LogP contribution in [-0.2, 0) is 11.3 Å². The van der Waals surface area contributed by atoms with Crippen LogP contribution in [0.3, 0.4) is 0 Å². The number of morpholine rings is 1. The molecule has 1 saturated heterocycles. The highest BCUT2D eigenvalue weighted by Crippen LogP contribution is 2.38. The number of hydrogen-bond donors (Lipinski definition) is 0. The molecule has 1 aromatic rings. The molecule has 5 nitrogen and oxygen atoms in total. The molecule has 2 aliphatic rings. The topological polar surface area (TPSA) is 47.4 Å². The maximum atomic E-state index is 13.3. The summed E-state index contributed by atoms with van der Waals surface area (Å²) in [6.07, 6.45) is 6.99. The lowest BCUT2D eigenvalue weighted by atomic mass is 9.87. The minimum absolute atomic E-state index is 0.271. The number of ether oxygens (including phenoxy) is 1. The molecule has 1 aliphatic carbocycles. The van der Waals surface area contributed by atoms with Gasteiger partial charge in [0.2, 0.25) is 5.78 Å². The molecule has 0 atom stereocenters. The summed E-state index contributed by atoms with van der Waals surface area (Å²) >= 11 is 0. The molecule has 2 heterocycles. The first-order valence-corrected chi connectivity index (χ1v) is 8.17. The molecule has 116 valence electrons. The normalized spacial score (nSPS) is 22.5. The van der Waals surface area contributed by atoms with Crippen molar-refractivity contribution in [2.75, 3.05) is 26.3 Å². The van der Waals surface area contributed by atoms with Gasteiger partial charge in [-0.15, -0.1) is 0 Å². The molecule has 1 aromatic heterocycles. The van der Waals surface area contributed by atoms with E-state index in [1.807, 2.05) is 10.7 Å². The second kappa shape index (κ2) is 6.28. The highest BCUT2D eigenvalue weighted by molar-refractivity contribution is 6.02. The maximum absolute atomic E-state index is 13.3. The van der Waals surface area contributed by atoms with Gasteiger partial charge in [0.05, 0.1) is 18.8 Å². The van der Waals surface area contributed by atoms with Crippen molar-refractivity contribution in [3.05, 3.63) is 18.0 Å². The molecule has 0 spiro atoms. The summed E-state index contributed by atoms with van der Waals surface area (Å²) in [5.74, 6) is 0.271. The minimum atomic E-state index is -0.310. The van der Waals surface area contributed by atoms with Crippen molar-refractivity contribution >= 4 is 5.78 Å². The molecule has 0 N–H and O–H groups in total. The fourth-order valence-corrected chi connectivity index (χ4v) is 3.79. The van der Waals surface area contributed by atoms with E-state index in [0.29, 0.717) is 0 Å². The highest BCUT2D eigenvalue weighted by atomic mass is 16.5. The fourth-order valence-electron chi connectivity index (χ4n) is 3.79. The van der Waals surface area contributed by atoms with Crippen LogP contribution in [0.4, 0.5) is 0 Å². The maximum Gasteiger partial charge on any atom is 0.201 e. The molecule has 21 heavy (non-hydrogen) atoms. The molecule has 0 unspecified atom stereocenters. The second-order valence-corrected chi connectivity index (χ2v) is 6.11. The molecule has 1 aliphatic heterocycles. The quantitative estimate of drug-likeness (QED) is 0.780. The van der Waals surface area contributed by atoms with Gasteiger partial charge in [0.1, 0.15) is 5.69 Å². The van der Waals surface area contributed by atoms with Gasteiger partial charge in [-0.05, 0) is 25.3 Å². The van der Waals surface area contributed by atoms with Gasteiger partial charge in [-0.25, -0.2) is 0 Å². The number of ketones is 1. The third-order valence-corrected chi connectivity index (χ3v) is 4.85. The Morgan fingerprint density at radius 2 is 2.05 bits per heavy atom. The standard InChI is InChI=1S/C16H25N3O2/c1-2-9-19-14(5-8-17-19)15(20)16(6-3-4-7-16)18-10-12-21-13-11-18/h5,8H,2-4,6-7,9-13H2,1H3. The molecule has 5 heteroatoms. The Hall–Kier alpha value is -1.20. The number of aryl methyl sites for hydroxylation is 1. The largest absolute Gasteiger partial charge is 0.379 e. The predicted molar refractivity (Wildman–Crippen MR) is 80.4 cm³/mol. The van der Waals surface area contributed by atoms with Crippen molar-refractivity contribution in [1.29, 1.82) is 0 Å². The van der Waals surface area contributed by atoms with E-state index in [1.165, 1.54) is 0 Å². The van der Waals surface area contributed by atoms with Crippen molar-refractivity contribution in [2.24, 2.45) is 0 Å². The number of nitrogens with zero attached hydrogens (tertiary/aromatic N) is 3. The van der Waals surface area contributed by atoms with Crippen molar-refractivity contribution in [2.45, 2.75) is 51.1 Å². The summed E-state index contributed by atoms with van der Waals surface area (Å²) in [7, 11) is 0. The van der Waals surface area contributed by atoms with E-state index in [-0.39, 0.29) is 11.3 Å². The zero-order valence-corrected chi connectivity index (χ0v) is 12.9. The summed E-state index contributed by atoms with van der Waals surface area (Å²) < 4.78 is 7.34. The van der Waals surface area contributed by atoms with Crippen LogP contribution < -0.4 is 0 Å². The summed E-state index contributed by atoms with van der Waals surface area (Å²) in [4.78, 5) is 15.7. The van der Waals surface area contributed by atoms with Crippen LogP contribution in [0.5, 0.6) is 0 Å². The van der Waals surface area contributed by atoms with E-state index in [2.05, 4.69) is 16.9 Å². The van der Waals surface area contributed by atoms with E-state index >= 15 is 0 Å². The van der Waals surface area contributed by atoms with Crippen molar-refractivity contribution < 1.29 is 9.53 Å². The average Bonchev–Trinajstić information content (AvgIpc) is 3.18. The zero-order chi connectivity index (χ0) is 14.7. The van der Waals surface area contributed by atoms with Gasteiger partial charge in [-0.2, -0.15) is 5.10 Å². The third-order valence-electron chi connectivity index (χ3n) is 4.85. The van der Waals surface area contributed by atoms with Gasteiger partial charge in [0, 0.05) is 25.8 Å². The molecule has 3 rings (SSSR count). The number of aromatic nitrogens is 2. The number of Topliss-reactive ketones (excluding diaryl/α,β-unsaturated/α-hetero) is 1. The Balaban J connectivity index is 1.89. The van der Waals surface area contributed by atoms with Crippen LogP contribution in [0.25, 0.3) is 0 Å². The summed E-state index contributed by atoms with van der Waals surface area (Å²) in [5.41, 5.74) is 0.472. The van der Waals surface area contributed by atoms with Crippen molar-refractivity contribution in [3.8, 4) is 0 Å². The molecule has 0 radical (unpaired) electrons. The van der Waals surface area contributed by atoms with Crippen LogP contribution in [0.2, 0.25) is 0 Å². The van der Waals surface area contributed by atoms with E-state index in [0.717, 1.165) is 70.6 Å². The molecular formula is C16H25N3O2. The first-order chi connectivity index (χ1) is 10.3. The molecule has 0 amide bonds. The van der Waals surface area contributed by atoms with Gasteiger partial charge in [-0.1, -0.05) is 19.8 Å². The number of carbonyl (C=O) groups is 1. The first-order valence-electron chi connectivity index (χ1n) is 8.17. The van der Waals surface area contributed by atoms with Crippen LogP contribution >= 0.6 is 0 Å². The lowest BCUT2D eigenvalue weighted by molar-refractivity contribution is -0.0134. The van der Waals surface area contributed by atoms with Crippen LogP contribution in [0.15, 0.2) is 12.3 Å². The van der Waals surface area contributed by atoms with Crippen LogP contribution in [0.1, 0.15) is 49.5 Å². The smallest absolute Gasteiger partial charge is 0.201 e. The van der Waals surface area contributed by atoms with Gasteiger partial charge < -0.3 is 4.74 Å². The van der Waals surface area contributed by atoms with Crippen LogP contribution in [0, 0.1) is 0 Å². The monoisotopic (exact) mass is 291 g/mol. The fraction of sp³-hybridized carbons (Fsp3) is 0.750. The lowest BCUT2D eigenvalue weighted by Gasteiger charge is -2.42. The van der Waals surface area contributed by atoms with Crippen molar-refractivity contribution in [3.63, 3.8) is 0 Å². The summed E-state index contributed by atoms with van der Waals surface area (Å²) in [5, 5.41) is 4.33. The van der Waals surface area contributed by atoms with E-state index in [4.69, 9.17) is 4.74 Å². The van der Waals surface area contributed by atoms with E-state index in [1.54, 1.807) is 6.20 Å². The summed E-state index contributed by atoms with van der Waals surface area (Å²) in [6, 6.07) is 1.89. The molecular weight excluding hydrogens is 266 g/mol. The Bertz CT molecular complexity index is 485. The molecule has 0 aromatic carbocycles. The van der Waals surface area contributed by atoms with Gasteiger partial charge >= 0.3 is 0 Å². The predicted octanol–water partition coefficient (Wildman–Crippen LogP) is 2.12. The molecule has 1 saturated carbocycles. The van der Waals surface area contributed by atoms with Gasteiger partial charge in [-0.3, -0.25) is 14.4 Å². The minimum Gasteiger partial charge on any atom is -0.379 e. The number of carbonyl (C=O) groups excluding carboxylic acids is 1. The van der Waals surface area contributed by atoms with Gasteiger partial charge in [0.25, 0.3) is 0 Å². The Morgan fingerprint density at radius 1 is 1.33 bits per heavy atom. The highest BCUT2D eigenvalue weighted by Gasteiger charge is 2.47. The average molecular weight is 291 g/mol. The first kappa shape index (κ1) is 14.7. The number of hydrogen-bond acceptors (Lipinski definition) is 4. The van der Waals surface area contributed by atoms with Crippen LogP contribution in [-0.4, -0.2) is 52.3 Å². The molecule has 0 bridgehead atoms. The Kier molecular flexibility index (Phi) is 4.40. The van der Waals surface area contributed by atoms with E-state index < -0.39 is 0 Å². The Morgan fingerprint density at radius 3 is 2.71 bits per heavy atom. The lowest BCUT2D eigenvalue weighted by Crippen LogP contribution is -2.57. The number of rotatable bonds is 5. The second-order valence-electron chi connectivity index (χ2n) is 6.11. The zero-order valence-electron chi connectivity index (χ0n) is 12.9. The van der Waals surface area contributed by atoms with Gasteiger partial charge in [0.15, 0.2) is 0 Å². The van der Waals surface area contributed by atoms with E-state index in [9.17, 15) is 4.79 Å². The summed E-state index contributed by atoms with van der Waals surface area (Å²) in [6.45, 7) is 6.14.